The summed E-state index contributed by atoms with van der Waals surface area (Å²) >= 11 is 5.92. The molecule has 3 aromatic rings. The van der Waals surface area contributed by atoms with E-state index in [1.807, 2.05) is 6.07 Å². The summed E-state index contributed by atoms with van der Waals surface area (Å²) in [6, 6.07) is 11.7. The van der Waals surface area contributed by atoms with Crippen LogP contribution in [0.25, 0.3) is 11.0 Å². The van der Waals surface area contributed by atoms with Gasteiger partial charge in [-0.3, -0.25) is 4.79 Å². The molecule has 0 unspecified atom stereocenters. The minimum Gasteiger partial charge on any atom is -0.506 e. The van der Waals surface area contributed by atoms with Gasteiger partial charge in [0, 0.05) is 18.0 Å². The van der Waals surface area contributed by atoms with Crippen molar-refractivity contribution in [1.29, 1.82) is 0 Å². The Morgan fingerprint density at radius 3 is 2.67 bits per heavy atom. The summed E-state index contributed by atoms with van der Waals surface area (Å²) in [5, 5.41) is 23.0. The lowest BCUT2D eigenvalue weighted by Gasteiger charge is -2.13. The van der Waals surface area contributed by atoms with Gasteiger partial charge in [0.15, 0.2) is 0 Å². The van der Waals surface area contributed by atoms with Crippen molar-refractivity contribution < 1.29 is 19.4 Å². The number of halogens is 1. The monoisotopic (exact) mass is 387 g/mol. The van der Waals surface area contributed by atoms with E-state index in [2.05, 4.69) is 5.32 Å². The van der Waals surface area contributed by atoms with Gasteiger partial charge in [-0.2, -0.15) is 0 Å². The van der Waals surface area contributed by atoms with Crippen LogP contribution < -0.4 is 10.9 Å². The average molecular weight is 388 g/mol. The smallest absolute Gasteiger partial charge is 0.340 e. The molecule has 0 saturated heterocycles. The lowest BCUT2D eigenvalue weighted by molar-refractivity contribution is -0.120. The van der Waals surface area contributed by atoms with Gasteiger partial charge in [0.2, 0.25) is 5.91 Å². The van der Waals surface area contributed by atoms with Crippen LogP contribution in [0.1, 0.15) is 22.8 Å². The maximum Gasteiger partial charge on any atom is 0.340 e. The van der Waals surface area contributed by atoms with Crippen molar-refractivity contribution >= 4 is 28.5 Å². The first-order valence-corrected chi connectivity index (χ1v) is 8.69. The zero-order valence-corrected chi connectivity index (χ0v) is 15.3. The molecule has 2 aromatic carbocycles. The molecule has 6 nitrogen and oxygen atoms in total. The second-order valence-electron chi connectivity index (χ2n) is 6.20. The van der Waals surface area contributed by atoms with E-state index in [0.717, 1.165) is 0 Å². The van der Waals surface area contributed by atoms with Crippen LogP contribution in [0.2, 0.25) is 5.02 Å². The Morgan fingerprint density at radius 2 is 1.96 bits per heavy atom. The third-order valence-electron chi connectivity index (χ3n) is 4.37. The number of rotatable bonds is 5. The van der Waals surface area contributed by atoms with Gasteiger partial charge in [-0.05, 0) is 24.1 Å². The van der Waals surface area contributed by atoms with Gasteiger partial charge in [-0.15, -0.1) is 0 Å². The molecule has 3 rings (SSSR count). The molecule has 3 N–H and O–H groups in total. The highest BCUT2D eigenvalue weighted by atomic mass is 35.5. The summed E-state index contributed by atoms with van der Waals surface area (Å²) in [5.41, 5.74) is 0.995. The van der Waals surface area contributed by atoms with E-state index in [9.17, 15) is 19.8 Å². The van der Waals surface area contributed by atoms with Crippen LogP contribution in [0, 0.1) is 6.92 Å². The van der Waals surface area contributed by atoms with Gasteiger partial charge in [-0.1, -0.05) is 41.9 Å². The van der Waals surface area contributed by atoms with E-state index in [1.54, 1.807) is 31.2 Å². The first-order chi connectivity index (χ1) is 12.9. The van der Waals surface area contributed by atoms with E-state index in [-0.39, 0.29) is 34.9 Å². The maximum absolute atomic E-state index is 12.2. The van der Waals surface area contributed by atoms with Crippen LogP contribution in [-0.2, 0) is 11.2 Å². The lowest BCUT2D eigenvalue weighted by atomic mass is 10.0. The second-order valence-corrected chi connectivity index (χ2v) is 6.61. The lowest BCUT2D eigenvalue weighted by Crippen LogP contribution is -2.31. The Bertz CT molecular complexity index is 1050. The molecule has 0 aliphatic rings. The number of carbonyl (C=O) groups excluding carboxylic acids is 1. The number of fused-ring (bicyclic) bond motifs is 1. The van der Waals surface area contributed by atoms with Crippen LogP contribution in [0.15, 0.2) is 51.7 Å². The summed E-state index contributed by atoms with van der Waals surface area (Å²) in [4.78, 5) is 24.5. The highest BCUT2D eigenvalue weighted by Gasteiger charge is 2.17. The van der Waals surface area contributed by atoms with Crippen molar-refractivity contribution in [1.82, 2.24) is 5.32 Å². The summed E-state index contributed by atoms with van der Waals surface area (Å²) in [5.74, 6) is -0.600. The van der Waals surface area contributed by atoms with Gasteiger partial charge in [0.1, 0.15) is 11.3 Å². The molecule has 0 radical (unpaired) electrons. The number of amides is 1. The van der Waals surface area contributed by atoms with Crippen LogP contribution in [-0.4, -0.2) is 22.7 Å². The van der Waals surface area contributed by atoms with Gasteiger partial charge in [0.05, 0.1) is 23.1 Å². The summed E-state index contributed by atoms with van der Waals surface area (Å²) in [6.45, 7) is 1.72. The number of nitrogens with one attached hydrogen (secondary N) is 1. The van der Waals surface area contributed by atoms with E-state index >= 15 is 0 Å². The fourth-order valence-electron chi connectivity index (χ4n) is 2.83. The molecule has 0 saturated carbocycles. The van der Waals surface area contributed by atoms with Crippen molar-refractivity contribution in [2.45, 2.75) is 19.4 Å². The van der Waals surface area contributed by atoms with Crippen LogP contribution >= 0.6 is 11.6 Å². The largest absolute Gasteiger partial charge is 0.506 e. The average Bonchev–Trinajstić information content (AvgIpc) is 2.66. The molecule has 27 heavy (non-hydrogen) atoms. The number of benzene rings is 2. The Morgan fingerprint density at radius 1 is 1.26 bits per heavy atom. The quantitative estimate of drug-likeness (QED) is 0.584. The molecule has 7 heteroatoms. The number of hydrogen-bond acceptors (Lipinski definition) is 5. The molecular weight excluding hydrogens is 370 g/mol. The van der Waals surface area contributed by atoms with Gasteiger partial charge in [-0.25, -0.2) is 4.79 Å². The highest BCUT2D eigenvalue weighted by molar-refractivity contribution is 6.32. The maximum atomic E-state index is 12.2. The second kappa shape index (κ2) is 7.82. The minimum atomic E-state index is -0.842. The van der Waals surface area contributed by atoms with E-state index < -0.39 is 17.6 Å². The Labute approximate surface area is 160 Å². The topological polar surface area (TPSA) is 99.8 Å². The number of aromatic hydroxyl groups is 1. The standard InChI is InChI=1S/C20H18ClNO5/c1-11-13-7-15(21)16(23)9-18(13)27-20(26)14(11)8-19(25)22-10-17(24)12-5-3-2-4-6-12/h2-7,9,17,23-24H,8,10H2,1H3,(H,22,25)/t17-/m0/s1. The molecule has 1 atom stereocenters. The normalized spacial score (nSPS) is 12.1. The number of aliphatic hydroxyl groups excluding tert-OH is 1. The van der Waals surface area contributed by atoms with Crippen molar-refractivity contribution in [3.05, 3.63) is 74.6 Å². The SMILES string of the molecule is Cc1c(CC(=O)NC[C@H](O)c2ccccc2)c(=O)oc2cc(O)c(Cl)cc12. The fourth-order valence-corrected chi connectivity index (χ4v) is 2.99. The highest BCUT2D eigenvalue weighted by Crippen LogP contribution is 2.30. The Balaban J connectivity index is 1.77. The van der Waals surface area contributed by atoms with E-state index in [4.69, 9.17) is 16.0 Å². The molecule has 0 aliphatic heterocycles. The molecule has 1 heterocycles. The molecule has 1 amide bonds. The molecule has 1 aromatic heterocycles. The number of hydrogen-bond donors (Lipinski definition) is 3. The number of aryl methyl sites for hydroxylation is 1. The van der Waals surface area contributed by atoms with Gasteiger partial charge < -0.3 is 19.9 Å². The van der Waals surface area contributed by atoms with Crippen molar-refractivity contribution in [2.24, 2.45) is 0 Å². The van der Waals surface area contributed by atoms with Crippen molar-refractivity contribution in [2.75, 3.05) is 6.54 Å². The predicted octanol–water partition coefficient (Wildman–Crippen LogP) is 2.85. The molecule has 0 bridgehead atoms. The molecule has 140 valence electrons. The van der Waals surface area contributed by atoms with Crippen molar-refractivity contribution in [3.63, 3.8) is 0 Å². The summed E-state index contributed by atoms with van der Waals surface area (Å²) in [6.07, 6.45) is -1.03. The third kappa shape index (κ3) is 4.13. The zero-order chi connectivity index (χ0) is 19.6. The first-order valence-electron chi connectivity index (χ1n) is 8.31. The fraction of sp³-hybridized carbons (Fsp3) is 0.200. The van der Waals surface area contributed by atoms with Crippen molar-refractivity contribution in [3.8, 4) is 5.75 Å². The van der Waals surface area contributed by atoms with E-state index in [1.165, 1.54) is 12.1 Å². The zero-order valence-electron chi connectivity index (χ0n) is 14.5. The predicted molar refractivity (Wildman–Crippen MR) is 102 cm³/mol. The number of carbonyl (C=O) groups is 1. The Hall–Kier alpha value is -2.83. The summed E-state index contributed by atoms with van der Waals surface area (Å²) in [7, 11) is 0. The molecular formula is C20H18ClNO5. The summed E-state index contributed by atoms with van der Waals surface area (Å²) < 4.78 is 5.20. The van der Waals surface area contributed by atoms with Crippen LogP contribution in [0.4, 0.5) is 0 Å². The number of phenols is 1. The molecule has 0 fully saturated rings. The third-order valence-corrected chi connectivity index (χ3v) is 4.67. The Kier molecular flexibility index (Phi) is 5.48. The number of aliphatic hydroxyl groups is 1. The number of phenolic OH excluding ortho intramolecular Hbond substituents is 1. The van der Waals surface area contributed by atoms with Gasteiger partial charge >= 0.3 is 5.63 Å². The molecule has 0 spiro atoms. The van der Waals surface area contributed by atoms with E-state index in [0.29, 0.717) is 16.5 Å². The van der Waals surface area contributed by atoms with Crippen LogP contribution in [0.5, 0.6) is 5.75 Å². The first kappa shape index (κ1) is 18.9. The van der Waals surface area contributed by atoms with Gasteiger partial charge in [0.25, 0.3) is 0 Å². The van der Waals surface area contributed by atoms with Crippen LogP contribution in [0.3, 0.4) is 0 Å². The minimum absolute atomic E-state index is 0.0283. The molecule has 0 aliphatic carbocycles.